The molecule has 8 heteroatoms. The van der Waals surface area contributed by atoms with E-state index < -0.39 is 5.91 Å². The summed E-state index contributed by atoms with van der Waals surface area (Å²) in [6.45, 7) is 0.0910. The van der Waals surface area contributed by atoms with Crippen LogP contribution in [0, 0.1) is 0 Å². The highest BCUT2D eigenvalue weighted by Gasteiger charge is 2.06. The first-order valence-electron chi connectivity index (χ1n) is 8.34. The lowest BCUT2D eigenvalue weighted by atomic mass is 10.1. The number of benzene rings is 2. The minimum atomic E-state index is -0.610. The average molecular weight is 446 g/mol. The molecular weight excluding hydrogens is 426 g/mol. The molecule has 0 saturated carbocycles. The average Bonchev–Trinajstić information content (AvgIpc) is 2.69. The van der Waals surface area contributed by atoms with E-state index in [-0.39, 0.29) is 18.4 Å². The molecule has 0 spiro atoms. The lowest BCUT2D eigenvalue weighted by Gasteiger charge is -2.06. The molecule has 0 aliphatic heterocycles. The summed E-state index contributed by atoms with van der Waals surface area (Å²) < 4.78 is 6.14. The fourth-order valence-electron chi connectivity index (χ4n) is 2.29. The van der Waals surface area contributed by atoms with E-state index in [0.717, 1.165) is 15.6 Å². The Labute approximate surface area is 171 Å². The van der Waals surface area contributed by atoms with Crippen molar-refractivity contribution < 1.29 is 19.1 Å². The van der Waals surface area contributed by atoms with Crippen LogP contribution in [0.1, 0.15) is 21.5 Å². The molecule has 0 atom stereocenters. The van der Waals surface area contributed by atoms with E-state index in [2.05, 4.69) is 26.6 Å². The number of hydrogen-bond donors (Lipinski definition) is 3. The van der Waals surface area contributed by atoms with Crippen molar-refractivity contribution in [3.8, 4) is 5.75 Å². The van der Waals surface area contributed by atoms with E-state index in [1.165, 1.54) is 6.08 Å². The SMILES string of the molecule is COc1ccc(Br)cc1/C=C/C(=O)NCc1ccc(C(=O)NCC(N)=O)cc1. The van der Waals surface area contributed by atoms with Crippen LogP contribution in [0.4, 0.5) is 0 Å². The molecule has 0 aliphatic rings. The van der Waals surface area contributed by atoms with Gasteiger partial charge in [0.25, 0.3) is 5.91 Å². The monoisotopic (exact) mass is 445 g/mol. The van der Waals surface area contributed by atoms with Crippen molar-refractivity contribution in [1.82, 2.24) is 10.6 Å². The van der Waals surface area contributed by atoms with E-state index in [0.29, 0.717) is 17.9 Å². The van der Waals surface area contributed by atoms with Crippen LogP contribution in [0.5, 0.6) is 5.75 Å². The Morgan fingerprint density at radius 1 is 1.11 bits per heavy atom. The zero-order valence-corrected chi connectivity index (χ0v) is 16.8. The highest BCUT2D eigenvalue weighted by atomic mass is 79.9. The van der Waals surface area contributed by atoms with Crippen LogP contribution in [-0.4, -0.2) is 31.4 Å². The van der Waals surface area contributed by atoms with Crippen LogP contribution in [0.25, 0.3) is 6.08 Å². The molecule has 0 fully saturated rings. The van der Waals surface area contributed by atoms with Gasteiger partial charge in [-0.2, -0.15) is 0 Å². The maximum absolute atomic E-state index is 12.0. The van der Waals surface area contributed by atoms with Crippen molar-refractivity contribution >= 4 is 39.7 Å². The van der Waals surface area contributed by atoms with Crippen LogP contribution in [0.3, 0.4) is 0 Å². The van der Waals surface area contributed by atoms with Gasteiger partial charge in [-0.05, 0) is 42.0 Å². The number of amides is 3. The molecule has 0 unspecified atom stereocenters. The number of hydrogen-bond acceptors (Lipinski definition) is 4. The summed E-state index contributed by atoms with van der Waals surface area (Å²) in [4.78, 5) is 34.5. The molecule has 0 aromatic heterocycles. The van der Waals surface area contributed by atoms with Crippen molar-refractivity contribution in [2.24, 2.45) is 5.73 Å². The standard InChI is InChI=1S/C20H20BrN3O4/c1-28-17-8-7-16(21)10-15(17)6-9-19(26)23-11-13-2-4-14(5-3-13)20(27)24-12-18(22)25/h2-10H,11-12H2,1H3,(H2,22,25)(H,23,26)(H,24,27)/b9-6+. The number of carbonyl (C=O) groups excluding carboxylic acids is 3. The Bertz CT molecular complexity index is 895. The number of methoxy groups -OCH3 is 1. The fraction of sp³-hybridized carbons (Fsp3) is 0.150. The summed E-state index contributed by atoms with van der Waals surface area (Å²) in [5, 5.41) is 5.18. The van der Waals surface area contributed by atoms with E-state index >= 15 is 0 Å². The molecule has 28 heavy (non-hydrogen) atoms. The number of primary amides is 1. The third-order valence-electron chi connectivity index (χ3n) is 3.71. The number of ether oxygens (including phenoxy) is 1. The van der Waals surface area contributed by atoms with Crippen LogP contribution >= 0.6 is 15.9 Å². The van der Waals surface area contributed by atoms with Crippen LogP contribution in [0.15, 0.2) is 53.0 Å². The molecule has 0 bridgehead atoms. The minimum absolute atomic E-state index is 0.217. The second-order valence-electron chi connectivity index (χ2n) is 5.78. The van der Waals surface area contributed by atoms with Crippen molar-refractivity contribution in [3.05, 3.63) is 69.7 Å². The predicted molar refractivity (Wildman–Crippen MR) is 110 cm³/mol. The molecule has 3 amide bonds. The van der Waals surface area contributed by atoms with Gasteiger partial charge in [-0.25, -0.2) is 0 Å². The van der Waals surface area contributed by atoms with Gasteiger partial charge >= 0.3 is 0 Å². The summed E-state index contributed by atoms with van der Waals surface area (Å²) in [5.41, 5.74) is 6.99. The normalized spacial score (nSPS) is 10.5. The van der Waals surface area contributed by atoms with E-state index in [1.807, 2.05) is 18.2 Å². The predicted octanol–water partition coefficient (Wildman–Crippen LogP) is 2.00. The zero-order chi connectivity index (χ0) is 20.5. The molecule has 0 radical (unpaired) electrons. The fourth-order valence-corrected chi connectivity index (χ4v) is 2.67. The minimum Gasteiger partial charge on any atom is -0.496 e. The molecule has 2 aromatic rings. The molecule has 4 N–H and O–H groups in total. The maximum Gasteiger partial charge on any atom is 0.251 e. The van der Waals surface area contributed by atoms with E-state index in [4.69, 9.17) is 10.5 Å². The largest absolute Gasteiger partial charge is 0.496 e. The lowest BCUT2D eigenvalue weighted by Crippen LogP contribution is -2.33. The topological polar surface area (TPSA) is 111 Å². The molecule has 2 rings (SSSR count). The number of rotatable bonds is 8. The molecule has 0 heterocycles. The third kappa shape index (κ3) is 6.55. The molecule has 0 aliphatic carbocycles. The van der Waals surface area contributed by atoms with Crippen molar-refractivity contribution in [1.29, 1.82) is 0 Å². The first-order chi connectivity index (χ1) is 13.4. The first-order valence-corrected chi connectivity index (χ1v) is 9.13. The van der Waals surface area contributed by atoms with Crippen molar-refractivity contribution in [3.63, 3.8) is 0 Å². The van der Waals surface area contributed by atoms with Crippen LogP contribution in [0.2, 0.25) is 0 Å². The van der Waals surface area contributed by atoms with Gasteiger partial charge in [0, 0.05) is 28.2 Å². The second-order valence-corrected chi connectivity index (χ2v) is 6.70. The Hall–Kier alpha value is -3.13. The van der Waals surface area contributed by atoms with Gasteiger partial charge in [0.1, 0.15) is 5.75 Å². The number of halogens is 1. The summed E-state index contributed by atoms with van der Waals surface area (Å²) in [7, 11) is 1.57. The van der Waals surface area contributed by atoms with Gasteiger partial charge in [-0.1, -0.05) is 28.1 Å². The zero-order valence-electron chi connectivity index (χ0n) is 15.2. The highest BCUT2D eigenvalue weighted by Crippen LogP contribution is 2.24. The van der Waals surface area contributed by atoms with Gasteiger partial charge in [0.15, 0.2) is 0 Å². The summed E-state index contributed by atoms with van der Waals surface area (Å²) in [6.07, 6.45) is 3.10. The second kappa shape index (κ2) is 10.3. The van der Waals surface area contributed by atoms with Crippen molar-refractivity contribution in [2.75, 3.05) is 13.7 Å². The van der Waals surface area contributed by atoms with Gasteiger partial charge in [-0.15, -0.1) is 0 Å². The van der Waals surface area contributed by atoms with Gasteiger partial charge in [0.2, 0.25) is 11.8 Å². The molecule has 0 saturated heterocycles. The van der Waals surface area contributed by atoms with Crippen LogP contribution < -0.4 is 21.1 Å². The third-order valence-corrected chi connectivity index (χ3v) is 4.21. The molecule has 7 nitrogen and oxygen atoms in total. The Morgan fingerprint density at radius 3 is 2.46 bits per heavy atom. The molecule has 2 aromatic carbocycles. The van der Waals surface area contributed by atoms with E-state index in [1.54, 1.807) is 37.5 Å². The van der Waals surface area contributed by atoms with Crippen LogP contribution in [-0.2, 0) is 16.1 Å². The lowest BCUT2D eigenvalue weighted by molar-refractivity contribution is -0.117. The smallest absolute Gasteiger partial charge is 0.251 e. The molecular formula is C20H20BrN3O4. The Morgan fingerprint density at radius 2 is 1.82 bits per heavy atom. The van der Waals surface area contributed by atoms with Gasteiger partial charge in [0.05, 0.1) is 13.7 Å². The quantitative estimate of drug-likeness (QED) is 0.539. The summed E-state index contributed by atoms with van der Waals surface area (Å²) in [6, 6.07) is 12.2. The number of nitrogens with one attached hydrogen (secondary N) is 2. The Balaban J connectivity index is 1.90. The summed E-state index contributed by atoms with van der Waals surface area (Å²) >= 11 is 3.39. The number of carbonyl (C=O) groups is 3. The van der Waals surface area contributed by atoms with Crippen molar-refractivity contribution in [2.45, 2.75) is 6.54 Å². The summed E-state index contributed by atoms with van der Waals surface area (Å²) in [5.74, 6) is -0.593. The number of nitrogens with two attached hydrogens (primary N) is 1. The Kier molecular flexibility index (Phi) is 7.76. The maximum atomic E-state index is 12.0. The highest BCUT2D eigenvalue weighted by molar-refractivity contribution is 9.10. The molecule has 146 valence electrons. The van der Waals surface area contributed by atoms with Gasteiger partial charge < -0.3 is 21.1 Å². The van der Waals surface area contributed by atoms with E-state index in [9.17, 15) is 14.4 Å². The van der Waals surface area contributed by atoms with Gasteiger partial charge in [-0.3, -0.25) is 14.4 Å². The first kappa shape index (κ1) is 21.2.